The molecule has 92 valence electrons. The molecule has 2 aromatic rings. The van der Waals surface area contributed by atoms with Gasteiger partial charge in [0.15, 0.2) is 0 Å². The van der Waals surface area contributed by atoms with E-state index in [4.69, 9.17) is 9.94 Å². The summed E-state index contributed by atoms with van der Waals surface area (Å²) in [5, 5.41) is 9.10. The average molecular weight is 241 g/mol. The summed E-state index contributed by atoms with van der Waals surface area (Å²) in [6, 6.07) is 15.8. The first-order valence-electron chi connectivity index (χ1n) is 6.13. The summed E-state index contributed by atoms with van der Waals surface area (Å²) < 4.78 is 5.90. The molecule has 1 aliphatic carbocycles. The Balaban J connectivity index is 1.93. The van der Waals surface area contributed by atoms with Crippen LogP contribution in [0.2, 0.25) is 0 Å². The molecule has 0 aromatic heterocycles. The minimum atomic E-state index is 0.0272. The van der Waals surface area contributed by atoms with E-state index in [9.17, 15) is 0 Å². The molecule has 0 aliphatic heterocycles. The predicted molar refractivity (Wildman–Crippen MR) is 68.9 cm³/mol. The van der Waals surface area contributed by atoms with Gasteiger partial charge < -0.3 is 9.94 Å². The number of hydrogen-bond donors (Lipinski definition) is 2. The molecule has 3 nitrogen and oxygen atoms in total. The molecule has 3 heteroatoms. The lowest BCUT2D eigenvalue weighted by Crippen LogP contribution is -2.13. The lowest BCUT2D eigenvalue weighted by molar-refractivity contribution is 0.126. The third-order valence-electron chi connectivity index (χ3n) is 3.35. The maximum atomic E-state index is 9.10. The third kappa shape index (κ3) is 1.98. The van der Waals surface area contributed by atoms with Crippen LogP contribution in [-0.2, 0) is 6.42 Å². The molecule has 0 fully saturated rings. The van der Waals surface area contributed by atoms with E-state index in [0.29, 0.717) is 0 Å². The fraction of sp³-hybridized carbons (Fsp3) is 0.200. The maximum Gasteiger partial charge on any atom is 0.130 e. The van der Waals surface area contributed by atoms with Gasteiger partial charge in [-0.25, -0.2) is 0 Å². The summed E-state index contributed by atoms with van der Waals surface area (Å²) in [5.74, 6) is 1.72. The molecule has 18 heavy (non-hydrogen) atoms. The van der Waals surface area contributed by atoms with Crippen molar-refractivity contribution in [2.45, 2.75) is 18.9 Å². The molecule has 2 aromatic carbocycles. The number of fused-ring (bicyclic) bond motifs is 1. The van der Waals surface area contributed by atoms with E-state index >= 15 is 0 Å². The minimum Gasteiger partial charge on any atom is -0.457 e. The molecule has 3 rings (SSSR count). The molecule has 2 N–H and O–H groups in total. The van der Waals surface area contributed by atoms with E-state index in [1.807, 2.05) is 48.5 Å². The van der Waals surface area contributed by atoms with Gasteiger partial charge in [-0.1, -0.05) is 30.3 Å². The molecule has 0 bridgehead atoms. The second kappa shape index (κ2) is 4.80. The topological polar surface area (TPSA) is 41.5 Å². The highest BCUT2D eigenvalue weighted by molar-refractivity contribution is 5.46. The van der Waals surface area contributed by atoms with Gasteiger partial charge in [-0.3, -0.25) is 0 Å². The molecule has 0 spiro atoms. The van der Waals surface area contributed by atoms with Crippen LogP contribution in [0.3, 0.4) is 0 Å². The third-order valence-corrected chi connectivity index (χ3v) is 3.35. The Kier molecular flexibility index (Phi) is 3.00. The summed E-state index contributed by atoms with van der Waals surface area (Å²) in [7, 11) is 0. The zero-order valence-corrected chi connectivity index (χ0v) is 9.97. The molecule has 0 saturated heterocycles. The molecular weight excluding hydrogens is 226 g/mol. The number of benzene rings is 2. The fourth-order valence-corrected chi connectivity index (χ4v) is 2.47. The average Bonchev–Trinajstić information content (AvgIpc) is 2.84. The first kappa shape index (κ1) is 11.3. The minimum absolute atomic E-state index is 0.0272. The van der Waals surface area contributed by atoms with Gasteiger partial charge in [-0.05, 0) is 42.2 Å². The summed E-state index contributed by atoms with van der Waals surface area (Å²) in [4.78, 5) is 0. The number of rotatable bonds is 3. The van der Waals surface area contributed by atoms with Crippen molar-refractivity contribution in [2.24, 2.45) is 0 Å². The second-order valence-electron chi connectivity index (χ2n) is 4.46. The van der Waals surface area contributed by atoms with Crippen molar-refractivity contribution in [1.82, 2.24) is 5.48 Å². The standard InChI is InChI=1S/C15H15NO2/c17-16-14-10-9-13-12(14)7-4-8-15(13)18-11-5-2-1-3-6-11/h1-8,14,16-17H,9-10H2. The largest absolute Gasteiger partial charge is 0.457 e. The fourth-order valence-electron chi connectivity index (χ4n) is 2.47. The molecule has 0 amide bonds. The number of nitrogens with one attached hydrogen (secondary N) is 1. The van der Waals surface area contributed by atoms with Gasteiger partial charge in [0.1, 0.15) is 11.5 Å². The van der Waals surface area contributed by atoms with Gasteiger partial charge in [0, 0.05) is 0 Å². The Hall–Kier alpha value is -1.84. The van der Waals surface area contributed by atoms with Crippen LogP contribution in [0.15, 0.2) is 48.5 Å². The predicted octanol–water partition coefficient (Wildman–Crippen LogP) is 3.45. The van der Waals surface area contributed by atoms with Crippen LogP contribution in [0.25, 0.3) is 0 Å². The molecule has 0 saturated carbocycles. The Morgan fingerprint density at radius 2 is 1.89 bits per heavy atom. The van der Waals surface area contributed by atoms with Crippen molar-refractivity contribution in [1.29, 1.82) is 0 Å². The van der Waals surface area contributed by atoms with Crippen molar-refractivity contribution in [3.05, 3.63) is 59.7 Å². The summed E-state index contributed by atoms with van der Waals surface area (Å²) in [5.41, 5.74) is 4.67. The summed E-state index contributed by atoms with van der Waals surface area (Å²) >= 11 is 0. The Labute approximate surface area is 106 Å². The smallest absolute Gasteiger partial charge is 0.130 e. The molecular formula is C15H15NO2. The first-order chi connectivity index (χ1) is 8.88. The van der Waals surface area contributed by atoms with E-state index < -0.39 is 0 Å². The van der Waals surface area contributed by atoms with E-state index in [0.717, 1.165) is 29.9 Å². The number of hydrogen-bond acceptors (Lipinski definition) is 3. The van der Waals surface area contributed by atoms with Gasteiger partial charge in [-0.15, -0.1) is 0 Å². The van der Waals surface area contributed by atoms with Gasteiger partial charge in [0.25, 0.3) is 0 Å². The van der Waals surface area contributed by atoms with Crippen LogP contribution in [0, 0.1) is 0 Å². The lowest BCUT2D eigenvalue weighted by Gasteiger charge is -2.12. The lowest BCUT2D eigenvalue weighted by atomic mass is 10.1. The van der Waals surface area contributed by atoms with E-state index in [-0.39, 0.29) is 6.04 Å². The van der Waals surface area contributed by atoms with Crippen LogP contribution >= 0.6 is 0 Å². The number of ether oxygens (including phenoxy) is 1. The van der Waals surface area contributed by atoms with Crippen LogP contribution in [0.4, 0.5) is 0 Å². The van der Waals surface area contributed by atoms with Crippen molar-refractivity contribution < 1.29 is 9.94 Å². The summed E-state index contributed by atoms with van der Waals surface area (Å²) in [6.07, 6.45) is 1.83. The van der Waals surface area contributed by atoms with E-state index in [1.165, 1.54) is 5.56 Å². The van der Waals surface area contributed by atoms with Crippen molar-refractivity contribution in [3.63, 3.8) is 0 Å². The Morgan fingerprint density at radius 3 is 2.67 bits per heavy atom. The van der Waals surface area contributed by atoms with Gasteiger partial charge in [0.05, 0.1) is 6.04 Å². The highest BCUT2D eigenvalue weighted by atomic mass is 16.5. The zero-order valence-electron chi connectivity index (χ0n) is 9.97. The van der Waals surface area contributed by atoms with Crippen molar-refractivity contribution >= 4 is 0 Å². The van der Waals surface area contributed by atoms with Crippen molar-refractivity contribution in [3.8, 4) is 11.5 Å². The second-order valence-corrected chi connectivity index (χ2v) is 4.46. The van der Waals surface area contributed by atoms with Gasteiger partial charge in [-0.2, -0.15) is 5.48 Å². The van der Waals surface area contributed by atoms with Crippen LogP contribution < -0.4 is 10.2 Å². The maximum absolute atomic E-state index is 9.10. The molecule has 1 atom stereocenters. The van der Waals surface area contributed by atoms with Crippen LogP contribution in [0.1, 0.15) is 23.6 Å². The Bertz CT molecular complexity index is 539. The highest BCUT2D eigenvalue weighted by Gasteiger charge is 2.24. The van der Waals surface area contributed by atoms with Crippen molar-refractivity contribution in [2.75, 3.05) is 0 Å². The quantitative estimate of drug-likeness (QED) is 0.809. The van der Waals surface area contributed by atoms with Gasteiger partial charge in [0.2, 0.25) is 0 Å². The summed E-state index contributed by atoms with van der Waals surface area (Å²) in [6.45, 7) is 0. The SMILES string of the molecule is ONC1CCc2c(Oc3ccccc3)cccc21. The van der Waals surface area contributed by atoms with Crippen LogP contribution in [-0.4, -0.2) is 5.21 Å². The van der Waals surface area contributed by atoms with Crippen LogP contribution in [0.5, 0.6) is 11.5 Å². The molecule has 1 unspecified atom stereocenters. The first-order valence-corrected chi connectivity index (χ1v) is 6.13. The molecule has 1 aliphatic rings. The molecule has 0 heterocycles. The van der Waals surface area contributed by atoms with E-state index in [2.05, 4.69) is 5.48 Å². The number of hydroxylamine groups is 1. The monoisotopic (exact) mass is 241 g/mol. The normalized spacial score (nSPS) is 17.5. The number of para-hydroxylation sites is 1. The van der Waals surface area contributed by atoms with E-state index in [1.54, 1.807) is 0 Å². The highest BCUT2D eigenvalue weighted by Crippen LogP contribution is 2.38. The molecule has 0 radical (unpaired) electrons. The van der Waals surface area contributed by atoms with Gasteiger partial charge >= 0.3 is 0 Å². The Morgan fingerprint density at radius 1 is 1.06 bits per heavy atom. The zero-order chi connectivity index (χ0) is 12.4.